The smallest absolute Gasteiger partial charge is 0.260 e. The number of carbonyl (C=O) groups is 1. The Morgan fingerprint density at radius 2 is 1.89 bits per heavy atom. The molecule has 1 aromatic carbocycles. The lowest BCUT2D eigenvalue weighted by Crippen LogP contribution is -2.47. The minimum atomic E-state index is 0.0270. The average molecular weight is 378 g/mol. The van der Waals surface area contributed by atoms with Gasteiger partial charge < -0.3 is 15.0 Å². The molecule has 1 saturated heterocycles. The van der Waals surface area contributed by atoms with Crippen LogP contribution in [-0.4, -0.2) is 43.6 Å². The molecule has 1 aromatic rings. The molecule has 1 aliphatic heterocycles. The molecule has 2 rings (SSSR count). The van der Waals surface area contributed by atoms with Crippen LogP contribution in [0.1, 0.15) is 0 Å². The van der Waals surface area contributed by atoms with Crippen molar-refractivity contribution < 1.29 is 9.53 Å². The van der Waals surface area contributed by atoms with Crippen molar-refractivity contribution in [2.75, 3.05) is 32.8 Å². The zero-order valence-corrected chi connectivity index (χ0v) is 13.0. The zero-order chi connectivity index (χ0) is 13.0. The van der Waals surface area contributed by atoms with E-state index in [1.54, 1.807) is 0 Å². The van der Waals surface area contributed by atoms with Gasteiger partial charge in [-0.1, -0.05) is 6.07 Å². The normalized spacial score (nSPS) is 15.6. The molecule has 0 unspecified atom stereocenters. The largest absolute Gasteiger partial charge is 0.481 e. The van der Waals surface area contributed by atoms with Gasteiger partial charge in [0.1, 0.15) is 5.75 Å². The number of nitrogens with one attached hydrogen (secondary N) is 1. The highest BCUT2D eigenvalue weighted by Gasteiger charge is 2.17. The Labute approximate surface area is 123 Å². The molecule has 0 atom stereocenters. The average Bonchev–Trinajstić information content (AvgIpc) is 2.39. The molecule has 98 valence electrons. The second kappa shape index (κ2) is 6.54. The first-order valence-corrected chi connectivity index (χ1v) is 7.32. The molecule has 0 radical (unpaired) electrons. The van der Waals surface area contributed by atoms with E-state index in [-0.39, 0.29) is 12.5 Å². The zero-order valence-electron chi connectivity index (χ0n) is 9.79. The van der Waals surface area contributed by atoms with Gasteiger partial charge in [0.25, 0.3) is 5.91 Å². The van der Waals surface area contributed by atoms with Gasteiger partial charge >= 0.3 is 0 Å². The molecule has 1 N–H and O–H groups in total. The molecular formula is C12H14Br2N2O2. The second-order valence-corrected chi connectivity index (χ2v) is 5.68. The van der Waals surface area contributed by atoms with Gasteiger partial charge in [-0.15, -0.1) is 0 Å². The van der Waals surface area contributed by atoms with Crippen molar-refractivity contribution in [3.63, 3.8) is 0 Å². The van der Waals surface area contributed by atoms with Crippen molar-refractivity contribution >= 4 is 37.8 Å². The summed E-state index contributed by atoms with van der Waals surface area (Å²) in [5.41, 5.74) is 0. The molecule has 6 heteroatoms. The lowest BCUT2D eigenvalue weighted by Gasteiger charge is -2.27. The second-order valence-electron chi connectivity index (χ2n) is 3.97. The highest BCUT2D eigenvalue weighted by Crippen LogP contribution is 2.32. The van der Waals surface area contributed by atoms with E-state index >= 15 is 0 Å². The Morgan fingerprint density at radius 3 is 2.50 bits per heavy atom. The molecule has 18 heavy (non-hydrogen) atoms. The fourth-order valence-corrected chi connectivity index (χ4v) is 2.99. The quantitative estimate of drug-likeness (QED) is 0.876. The van der Waals surface area contributed by atoms with Gasteiger partial charge in [0.2, 0.25) is 0 Å². The Bertz CT molecular complexity index is 414. The standard InChI is InChI=1S/C12H14Br2N2O2/c13-9-2-1-3-10(14)12(9)18-8-11(17)16-6-4-15-5-7-16/h1-3,15H,4-8H2. The summed E-state index contributed by atoms with van der Waals surface area (Å²) in [7, 11) is 0. The maximum Gasteiger partial charge on any atom is 0.260 e. The number of piperazine rings is 1. The summed E-state index contributed by atoms with van der Waals surface area (Å²) in [6.45, 7) is 3.27. The molecule has 0 aromatic heterocycles. The van der Waals surface area contributed by atoms with Crippen molar-refractivity contribution in [3.05, 3.63) is 27.1 Å². The molecule has 1 heterocycles. The highest BCUT2D eigenvalue weighted by molar-refractivity contribution is 9.11. The van der Waals surface area contributed by atoms with Crippen molar-refractivity contribution in [2.45, 2.75) is 0 Å². The number of amides is 1. The van der Waals surface area contributed by atoms with E-state index in [4.69, 9.17) is 4.74 Å². The number of ether oxygens (including phenoxy) is 1. The summed E-state index contributed by atoms with van der Waals surface area (Å²) in [5.74, 6) is 0.695. The van der Waals surface area contributed by atoms with Crippen molar-refractivity contribution in [2.24, 2.45) is 0 Å². The van der Waals surface area contributed by atoms with Crippen LogP contribution < -0.4 is 10.1 Å². The molecule has 1 amide bonds. The van der Waals surface area contributed by atoms with Gasteiger partial charge in [0.15, 0.2) is 6.61 Å². The summed E-state index contributed by atoms with van der Waals surface area (Å²) in [6.07, 6.45) is 0. The Morgan fingerprint density at radius 1 is 1.28 bits per heavy atom. The number of rotatable bonds is 3. The monoisotopic (exact) mass is 376 g/mol. The van der Waals surface area contributed by atoms with E-state index < -0.39 is 0 Å². The van der Waals surface area contributed by atoms with Gasteiger partial charge in [-0.3, -0.25) is 4.79 Å². The number of hydrogen-bond donors (Lipinski definition) is 1. The first kappa shape index (κ1) is 13.8. The fourth-order valence-electron chi connectivity index (χ4n) is 1.76. The first-order valence-electron chi connectivity index (χ1n) is 5.74. The number of nitrogens with zero attached hydrogens (tertiary/aromatic N) is 1. The van der Waals surface area contributed by atoms with Gasteiger partial charge in [-0.25, -0.2) is 0 Å². The maximum atomic E-state index is 11.9. The van der Waals surface area contributed by atoms with Gasteiger partial charge in [-0.05, 0) is 44.0 Å². The van der Waals surface area contributed by atoms with Crippen LogP contribution in [0.25, 0.3) is 0 Å². The van der Waals surface area contributed by atoms with Crippen LogP contribution in [0.2, 0.25) is 0 Å². The van der Waals surface area contributed by atoms with Crippen molar-refractivity contribution in [1.82, 2.24) is 10.2 Å². The van der Waals surface area contributed by atoms with Crippen LogP contribution >= 0.6 is 31.9 Å². The molecule has 0 spiro atoms. The number of carbonyl (C=O) groups excluding carboxylic acids is 1. The number of para-hydroxylation sites is 1. The maximum absolute atomic E-state index is 11.9. The molecule has 0 bridgehead atoms. The Kier molecular flexibility index (Phi) is 5.03. The van der Waals surface area contributed by atoms with Crippen LogP contribution in [0, 0.1) is 0 Å². The number of benzene rings is 1. The predicted molar refractivity (Wildman–Crippen MR) is 76.8 cm³/mol. The molecule has 1 aliphatic rings. The molecule has 0 aliphatic carbocycles. The first-order chi connectivity index (χ1) is 8.68. The third-order valence-corrected chi connectivity index (χ3v) is 3.98. The predicted octanol–water partition coefficient (Wildman–Crippen LogP) is 2.02. The van der Waals surface area contributed by atoms with E-state index in [0.717, 1.165) is 35.1 Å². The van der Waals surface area contributed by atoms with Crippen LogP contribution in [0.5, 0.6) is 5.75 Å². The molecule has 1 fully saturated rings. The summed E-state index contributed by atoms with van der Waals surface area (Å²) in [4.78, 5) is 13.8. The minimum Gasteiger partial charge on any atom is -0.481 e. The number of hydrogen-bond acceptors (Lipinski definition) is 3. The Hall–Kier alpha value is -0.590. The third kappa shape index (κ3) is 3.46. The van der Waals surface area contributed by atoms with Crippen molar-refractivity contribution in [1.29, 1.82) is 0 Å². The summed E-state index contributed by atoms with van der Waals surface area (Å²) < 4.78 is 7.25. The van der Waals surface area contributed by atoms with E-state index in [1.807, 2.05) is 23.1 Å². The van der Waals surface area contributed by atoms with Gasteiger partial charge in [-0.2, -0.15) is 0 Å². The van der Waals surface area contributed by atoms with E-state index in [2.05, 4.69) is 37.2 Å². The van der Waals surface area contributed by atoms with Gasteiger partial charge in [0, 0.05) is 26.2 Å². The molecular weight excluding hydrogens is 364 g/mol. The summed E-state index contributed by atoms with van der Waals surface area (Å²) in [6, 6.07) is 5.67. The fraction of sp³-hybridized carbons (Fsp3) is 0.417. The van der Waals surface area contributed by atoms with Crippen LogP contribution in [-0.2, 0) is 4.79 Å². The summed E-state index contributed by atoms with van der Waals surface area (Å²) >= 11 is 6.81. The van der Waals surface area contributed by atoms with Crippen molar-refractivity contribution in [3.8, 4) is 5.75 Å². The third-order valence-electron chi connectivity index (χ3n) is 2.73. The van der Waals surface area contributed by atoms with Gasteiger partial charge in [0.05, 0.1) is 8.95 Å². The molecule has 4 nitrogen and oxygen atoms in total. The highest BCUT2D eigenvalue weighted by atomic mass is 79.9. The van der Waals surface area contributed by atoms with E-state index in [9.17, 15) is 4.79 Å². The SMILES string of the molecule is O=C(COc1c(Br)cccc1Br)N1CCNCC1. The van der Waals surface area contributed by atoms with Crippen LogP contribution in [0.4, 0.5) is 0 Å². The summed E-state index contributed by atoms with van der Waals surface area (Å²) in [5, 5.41) is 3.21. The topological polar surface area (TPSA) is 41.6 Å². The minimum absolute atomic E-state index is 0.0270. The molecule has 0 saturated carbocycles. The Balaban J connectivity index is 1.92. The lowest BCUT2D eigenvalue weighted by atomic mass is 10.3. The van der Waals surface area contributed by atoms with Crippen LogP contribution in [0.3, 0.4) is 0 Å². The van der Waals surface area contributed by atoms with E-state index in [1.165, 1.54) is 0 Å². The van der Waals surface area contributed by atoms with Crippen LogP contribution in [0.15, 0.2) is 27.1 Å². The van der Waals surface area contributed by atoms with E-state index in [0.29, 0.717) is 5.75 Å². The lowest BCUT2D eigenvalue weighted by molar-refractivity contribution is -0.133. The number of halogens is 2.